The average molecular weight is 373 g/mol. The summed E-state index contributed by atoms with van der Waals surface area (Å²) >= 11 is 0. The molecule has 0 saturated carbocycles. The van der Waals surface area contributed by atoms with Gasteiger partial charge in [0.15, 0.2) is 0 Å². The zero-order valence-electron chi connectivity index (χ0n) is 17.2. The van der Waals surface area contributed by atoms with Crippen LogP contribution in [0.1, 0.15) is 46.0 Å². The van der Waals surface area contributed by atoms with Crippen molar-refractivity contribution in [2.75, 3.05) is 33.3 Å². The van der Waals surface area contributed by atoms with Gasteiger partial charge in [-0.05, 0) is 37.3 Å². The van der Waals surface area contributed by atoms with E-state index in [0.717, 1.165) is 57.6 Å². The van der Waals surface area contributed by atoms with Crippen molar-refractivity contribution in [3.05, 3.63) is 36.1 Å². The molecule has 0 aromatic heterocycles. The number of allylic oxidation sites excluding steroid dienone is 4. The number of likely N-dealkylation sites (tertiary alicyclic amines) is 1. The first-order valence-electron chi connectivity index (χ1n) is 10.3. The highest BCUT2D eigenvalue weighted by Crippen LogP contribution is 2.18. The first-order chi connectivity index (χ1) is 13.1. The number of hydrogen-bond acceptors (Lipinski definition) is 4. The van der Waals surface area contributed by atoms with Crippen LogP contribution < -0.4 is 5.32 Å². The lowest BCUT2D eigenvalue weighted by molar-refractivity contribution is 0.113. The predicted octanol–water partition coefficient (Wildman–Crippen LogP) is 3.94. The molecule has 2 fully saturated rings. The van der Waals surface area contributed by atoms with Gasteiger partial charge in [0.2, 0.25) is 0 Å². The molecule has 2 unspecified atom stereocenters. The molecular formula is C22H36N4O. The monoisotopic (exact) mass is 372 g/mol. The molecule has 27 heavy (non-hydrogen) atoms. The Kier molecular flexibility index (Phi) is 9.50. The van der Waals surface area contributed by atoms with Crippen molar-refractivity contribution in [1.82, 2.24) is 10.2 Å². The lowest BCUT2D eigenvalue weighted by Crippen LogP contribution is -2.19. The van der Waals surface area contributed by atoms with Gasteiger partial charge in [0.1, 0.15) is 5.84 Å². The highest BCUT2D eigenvalue weighted by Gasteiger charge is 2.21. The Morgan fingerprint density at radius 1 is 1.37 bits per heavy atom. The largest absolute Gasteiger partial charge is 0.380 e. The van der Waals surface area contributed by atoms with Crippen LogP contribution in [-0.2, 0) is 4.74 Å². The van der Waals surface area contributed by atoms with Gasteiger partial charge in [-0.2, -0.15) is 0 Å². The molecule has 0 bridgehead atoms. The maximum Gasteiger partial charge on any atom is 0.121 e. The second-order valence-electron chi connectivity index (χ2n) is 7.45. The smallest absolute Gasteiger partial charge is 0.121 e. The van der Waals surface area contributed by atoms with E-state index in [1.54, 1.807) is 7.11 Å². The van der Waals surface area contributed by atoms with Crippen LogP contribution in [0.4, 0.5) is 0 Å². The highest BCUT2D eigenvalue weighted by atomic mass is 16.5. The SMILES string of the molecule is CC/C=C\C=C/C(C)CC(=N)N=C1CCNCC/C1=C\N1CCC(OC)C1. The molecular weight excluding hydrogens is 336 g/mol. The Morgan fingerprint density at radius 3 is 2.93 bits per heavy atom. The van der Waals surface area contributed by atoms with Crippen LogP contribution in [0.3, 0.4) is 0 Å². The number of nitrogens with zero attached hydrogens (tertiary/aromatic N) is 2. The summed E-state index contributed by atoms with van der Waals surface area (Å²) in [5, 5.41) is 11.8. The van der Waals surface area contributed by atoms with Crippen molar-refractivity contribution >= 4 is 11.5 Å². The van der Waals surface area contributed by atoms with E-state index in [1.807, 2.05) is 0 Å². The maximum absolute atomic E-state index is 8.36. The van der Waals surface area contributed by atoms with Gasteiger partial charge in [0.05, 0.1) is 6.10 Å². The van der Waals surface area contributed by atoms with Gasteiger partial charge >= 0.3 is 0 Å². The van der Waals surface area contributed by atoms with Crippen LogP contribution in [0.5, 0.6) is 0 Å². The minimum Gasteiger partial charge on any atom is -0.380 e. The van der Waals surface area contributed by atoms with Crippen LogP contribution in [0, 0.1) is 11.3 Å². The summed E-state index contributed by atoms with van der Waals surface area (Å²) in [4.78, 5) is 7.07. The second kappa shape index (κ2) is 11.9. The topological polar surface area (TPSA) is 60.7 Å². The van der Waals surface area contributed by atoms with Crippen molar-refractivity contribution in [2.24, 2.45) is 10.9 Å². The molecule has 2 heterocycles. The highest BCUT2D eigenvalue weighted by molar-refractivity contribution is 6.07. The van der Waals surface area contributed by atoms with E-state index >= 15 is 0 Å². The van der Waals surface area contributed by atoms with Gasteiger partial charge < -0.3 is 15.0 Å². The predicted molar refractivity (Wildman–Crippen MR) is 115 cm³/mol. The van der Waals surface area contributed by atoms with Crippen molar-refractivity contribution in [1.29, 1.82) is 5.41 Å². The molecule has 150 valence electrons. The molecule has 0 amide bonds. The summed E-state index contributed by atoms with van der Waals surface area (Å²) in [6.45, 7) is 8.16. The molecule has 2 saturated heterocycles. The zero-order chi connectivity index (χ0) is 19.5. The molecule has 2 atom stereocenters. The van der Waals surface area contributed by atoms with E-state index in [-0.39, 0.29) is 0 Å². The summed E-state index contributed by atoms with van der Waals surface area (Å²) in [7, 11) is 1.79. The van der Waals surface area contributed by atoms with Crippen LogP contribution in [-0.4, -0.2) is 55.8 Å². The fourth-order valence-corrected chi connectivity index (χ4v) is 3.46. The van der Waals surface area contributed by atoms with Gasteiger partial charge in [0.25, 0.3) is 0 Å². The molecule has 2 N–H and O–H groups in total. The molecule has 2 aliphatic rings. The summed E-state index contributed by atoms with van der Waals surface area (Å²) < 4.78 is 5.48. The Morgan fingerprint density at radius 2 is 2.19 bits per heavy atom. The van der Waals surface area contributed by atoms with Gasteiger partial charge in [0, 0.05) is 51.5 Å². The number of hydrogen-bond donors (Lipinski definition) is 2. The van der Waals surface area contributed by atoms with Crippen LogP contribution in [0.2, 0.25) is 0 Å². The summed E-state index contributed by atoms with van der Waals surface area (Å²) in [5.41, 5.74) is 2.35. The molecule has 0 radical (unpaired) electrons. The van der Waals surface area contributed by atoms with Gasteiger partial charge in [-0.1, -0.05) is 38.2 Å². The number of ether oxygens (including phenoxy) is 1. The minimum absolute atomic E-state index is 0.320. The Balaban J connectivity index is 2.01. The average Bonchev–Trinajstić information content (AvgIpc) is 3.00. The number of methoxy groups -OCH3 is 1. The van der Waals surface area contributed by atoms with E-state index < -0.39 is 0 Å². The van der Waals surface area contributed by atoms with E-state index in [0.29, 0.717) is 24.3 Å². The Bertz CT molecular complexity index is 591. The van der Waals surface area contributed by atoms with E-state index in [9.17, 15) is 0 Å². The molecule has 0 aromatic carbocycles. The standard InChI is InChI=1S/C22H36N4O/c1-4-5-6-7-8-18(2)15-22(23)25-21-10-13-24-12-9-19(21)16-26-14-11-20(17-26)27-3/h5-8,16,18,20,23-24H,4,9-15,17H2,1-3H3/b6-5-,8-7-,19-16+,23-22?,25-21?. The van der Waals surface area contributed by atoms with Gasteiger partial charge in [-0.15, -0.1) is 0 Å². The van der Waals surface area contributed by atoms with Crippen molar-refractivity contribution in [3.63, 3.8) is 0 Å². The van der Waals surface area contributed by atoms with Crippen LogP contribution >= 0.6 is 0 Å². The zero-order valence-corrected chi connectivity index (χ0v) is 17.2. The first kappa shape index (κ1) is 21.6. The lowest BCUT2D eigenvalue weighted by Gasteiger charge is -2.16. The summed E-state index contributed by atoms with van der Waals surface area (Å²) in [6.07, 6.45) is 15.7. The second-order valence-corrected chi connectivity index (χ2v) is 7.45. The lowest BCUT2D eigenvalue weighted by atomic mass is 10.0. The molecule has 0 aliphatic carbocycles. The first-order valence-corrected chi connectivity index (χ1v) is 10.3. The summed E-state index contributed by atoms with van der Waals surface area (Å²) in [6, 6.07) is 0. The fourth-order valence-electron chi connectivity index (χ4n) is 3.46. The molecule has 2 aliphatic heterocycles. The van der Waals surface area contributed by atoms with E-state index in [2.05, 4.69) is 54.6 Å². The number of rotatable bonds is 7. The molecule has 0 aromatic rings. The van der Waals surface area contributed by atoms with Crippen LogP contribution in [0.15, 0.2) is 41.1 Å². The van der Waals surface area contributed by atoms with Gasteiger partial charge in [-0.3, -0.25) is 5.41 Å². The van der Waals surface area contributed by atoms with Gasteiger partial charge in [-0.25, -0.2) is 4.99 Å². The number of nitrogens with one attached hydrogen (secondary N) is 2. The van der Waals surface area contributed by atoms with Crippen LogP contribution in [0.25, 0.3) is 0 Å². The minimum atomic E-state index is 0.320. The maximum atomic E-state index is 8.36. The Hall–Kier alpha value is -1.72. The molecule has 0 spiro atoms. The van der Waals surface area contributed by atoms with Crippen molar-refractivity contribution in [3.8, 4) is 0 Å². The molecule has 5 heteroatoms. The Labute approximate surface area is 164 Å². The molecule has 2 rings (SSSR count). The third-order valence-electron chi connectivity index (χ3n) is 5.04. The number of aliphatic imine (C=N–C) groups is 1. The normalized spacial score (nSPS) is 25.7. The van der Waals surface area contributed by atoms with E-state index in [4.69, 9.17) is 15.1 Å². The molecule has 5 nitrogen and oxygen atoms in total. The van der Waals surface area contributed by atoms with Crippen molar-refractivity contribution < 1.29 is 4.74 Å². The van der Waals surface area contributed by atoms with Crippen molar-refractivity contribution in [2.45, 2.75) is 52.1 Å². The summed E-state index contributed by atoms with van der Waals surface area (Å²) in [5.74, 6) is 0.798. The fraction of sp³-hybridized carbons (Fsp3) is 0.636. The third kappa shape index (κ3) is 7.81. The third-order valence-corrected chi connectivity index (χ3v) is 5.04. The van der Waals surface area contributed by atoms with E-state index in [1.165, 1.54) is 5.57 Å². The number of amidine groups is 1. The quantitative estimate of drug-likeness (QED) is 0.404.